The number of fused-ring (bicyclic) bond motifs is 1. The van der Waals surface area contributed by atoms with Crippen molar-refractivity contribution in [3.8, 4) is 0 Å². The van der Waals surface area contributed by atoms with Crippen LogP contribution in [0.4, 0.5) is 8.78 Å². The van der Waals surface area contributed by atoms with Crippen molar-refractivity contribution in [3.63, 3.8) is 0 Å². The molecule has 20 heavy (non-hydrogen) atoms. The van der Waals surface area contributed by atoms with E-state index in [9.17, 15) is 8.78 Å². The number of hydrogen-bond acceptors (Lipinski definition) is 2. The minimum Gasteiger partial charge on any atom is -0.441 e. The van der Waals surface area contributed by atoms with E-state index in [-0.39, 0.29) is 12.0 Å². The van der Waals surface area contributed by atoms with Gasteiger partial charge in [-0.15, -0.1) is 11.6 Å². The quantitative estimate of drug-likeness (QED) is 0.658. The fourth-order valence-electron chi connectivity index (χ4n) is 2.03. The zero-order valence-corrected chi connectivity index (χ0v) is 11.1. The molecular weight excluding hydrogens is 284 g/mol. The van der Waals surface area contributed by atoms with Crippen molar-refractivity contribution in [2.75, 3.05) is 0 Å². The Morgan fingerprint density at radius 3 is 2.70 bits per heavy atom. The number of para-hydroxylation sites is 2. The van der Waals surface area contributed by atoms with Gasteiger partial charge in [0.2, 0.25) is 0 Å². The first-order chi connectivity index (χ1) is 9.65. The van der Waals surface area contributed by atoms with Gasteiger partial charge in [0.25, 0.3) is 0 Å². The molecule has 0 N–H and O–H groups in total. The highest BCUT2D eigenvalue weighted by Crippen LogP contribution is 2.29. The monoisotopic (exact) mass is 293 g/mol. The molecule has 0 radical (unpaired) electrons. The van der Waals surface area contributed by atoms with Crippen LogP contribution in [0, 0.1) is 11.6 Å². The van der Waals surface area contributed by atoms with Gasteiger partial charge in [0, 0.05) is 12.0 Å². The number of oxazole rings is 1. The van der Waals surface area contributed by atoms with E-state index < -0.39 is 17.0 Å². The molecule has 0 saturated carbocycles. The number of nitrogens with zero attached hydrogens (tertiary/aromatic N) is 1. The van der Waals surface area contributed by atoms with Crippen molar-refractivity contribution >= 4 is 22.7 Å². The second-order valence-electron chi connectivity index (χ2n) is 4.39. The number of rotatable bonds is 3. The first-order valence-electron chi connectivity index (χ1n) is 6.07. The Morgan fingerprint density at radius 2 is 1.90 bits per heavy atom. The predicted molar refractivity (Wildman–Crippen MR) is 72.7 cm³/mol. The van der Waals surface area contributed by atoms with Crippen LogP contribution < -0.4 is 0 Å². The van der Waals surface area contributed by atoms with Gasteiger partial charge >= 0.3 is 0 Å². The van der Waals surface area contributed by atoms with E-state index >= 15 is 0 Å². The van der Waals surface area contributed by atoms with E-state index in [1.807, 2.05) is 18.2 Å². The van der Waals surface area contributed by atoms with Gasteiger partial charge in [-0.1, -0.05) is 24.3 Å². The number of benzene rings is 2. The Morgan fingerprint density at radius 1 is 1.10 bits per heavy atom. The van der Waals surface area contributed by atoms with Gasteiger partial charge in [-0.05, 0) is 18.2 Å². The Hall–Kier alpha value is -1.94. The van der Waals surface area contributed by atoms with E-state index in [4.69, 9.17) is 16.0 Å². The van der Waals surface area contributed by atoms with Gasteiger partial charge in [0.1, 0.15) is 5.52 Å². The Kier molecular flexibility index (Phi) is 3.40. The molecule has 0 aliphatic carbocycles. The SMILES string of the molecule is Fc1cccc(C(Cl)Cc2nc3ccccc3o2)c1F. The fraction of sp³-hybridized carbons (Fsp3) is 0.133. The first-order valence-corrected chi connectivity index (χ1v) is 6.51. The Balaban J connectivity index is 1.88. The molecule has 5 heteroatoms. The molecule has 102 valence electrons. The largest absolute Gasteiger partial charge is 0.441 e. The normalized spacial score (nSPS) is 12.8. The molecule has 0 amide bonds. The van der Waals surface area contributed by atoms with Crippen molar-refractivity contribution in [2.24, 2.45) is 0 Å². The topological polar surface area (TPSA) is 26.0 Å². The van der Waals surface area contributed by atoms with Crippen LogP contribution in [0.1, 0.15) is 16.8 Å². The summed E-state index contributed by atoms with van der Waals surface area (Å²) in [5.41, 5.74) is 1.46. The van der Waals surface area contributed by atoms with Crippen LogP contribution >= 0.6 is 11.6 Å². The van der Waals surface area contributed by atoms with E-state index in [0.29, 0.717) is 17.0 Å². The highest BCUT2D eigenvalue weighted by molar-refractivity contribution is 6.20. The van der Waals surface area contributed by atoms with E-state index in [1.165, 1.54) is 12.1 Å². The van der Waals surface area contributed by atoms with Crippen molar-refractivity contribution < 1.29 is 13.2 Å². The maximum absolute atomic E-state index is 13.6. The summed E-state index contributed by atoms with van der Waals surface area (Å²) in [7, 11) is 0. The highest BCUT2D eigenvalue weighted by Gasteiger charge is 2.19. The molecule has 1 heterocycles. The molecule has 1 unspecified atom stereocenters. The molecule has 3 rings (SSSR count). The smallest absolute Gasteiger partial charge is 0.197 e. The molecule has 1 aromatic heterocycles. The molecule has 0 saturated heterocycles. The third-order valence-electron chi connectivity index (χ3n) is 3.01. The molecular formula is C15H10ClF2NO. The summed E-state index contributed by atoms with van der Waals surface area (Å²) in [6, 6.07) is 11.2. The lowest BCUT2D eigenvalue weighted by atomic mass is 10.1. The summed E-state index contributed by atoms with van der Waals surface area (Å²) in [6.45, 7) is 0. The minimum absolute atomic E-state index is 0.105. The Bertz CT molecular complexity index is 723. The van der Waals surface area contributed by atoms with Crippen LogP contribution in [0.5, 0.6) is 0 Å². The summed E-state index contributed by atoms with van der Waals surface area (Å²) in [6.07, 6.45) is 0.191. The third-order valence-corrected chi connectivity index (χ3v) is 3.40. The number of hydrogen-bond donors (Lipinski definition) is 0. The summed E-state index contributed by atoms with van der Waals surface area (Å²) >= 11 is 6.14. The van der Waals surface area contributed by atoms with Gasteiger partial charge in [-0.3, -0.25) is 0 Å². The van der Waals surface area contributed by atoms with Crippen molar-refractivity contribution in [2.45, 2.75) is 11.8 Å². The second kappa shape index (κ2) is 5.21. The average molecular weight is 294 g/mol. The lowest BCUT2D eigenvalue weighted by molar-refractivity contribution is 0.488. The van der Waals surface area contributed by atoms with Gasteiger partial charge in [-0.2, -0.15) is 0 Å². The maximum Gasteiger partial charge on any atom is 0.197 e. The van der Waals surface area contributed by atoms with E-state index in [2.05, 4.69) is 4.98 Å². The number of aromatic nitrogens is 1. The Labute approximate surface area is 119 Å². The van der Waals surface area contributed by atoms with Gasteiger partial charge < -0.3 is 4.42 Å². The van der Waals surface area contributed by atoms with Crippen molar-refractivity contribution in [3.05, 3.63) is 65.6 Å². The summed E-state index contributed by atoms with van der Waals surface area (Å²) in [5.74, 6) is -1.44. The molecule has 2 nitrogen and oxygen atoms in total. The summed E-state index contributed by atoms with van der Waals surface area (Å²) < 4.78 is 32.3. The van der Waals surface area contributed by atoms with E-state index in [1.54, 1.807) is 6.07 Å². The zero-order valence-electron chi connectivity index (χ0n) is 10.3. The second-order valence-corrected chi connectivity index (χ2v) is 4.92. The van der Waals surface area contributed by atoms with Gasteiger partial charge in [0.15, 0.2) is 23.1 Å². The minimum atomic E-state index is -0.927. The molecule has 2 aromatic carbocycles. The van der Waals surface area contributed by atoms with Crippen LogP contribution in [-0.4, -0.2) is 4.98 Å². The summed E-state index contributed by atoms with van der Waals surface area (Å²) in [5, 5.41) is -0.737. The van der Waals surface area contributed by atoms with Crippen LogP contribution in [0.25, 0.3) is 11.1 Å². The van der Waals surface area contributed by atoms with Crippen molar-refractivity contribution in [1.82, 2.24) is 4.98 Å². The average Bonchev–Trinajstić information content (AvgIpc) is 2.83. The fourth-order valence-corrected chi connectivity index (χ4v) is 2.33. The van der Waals surface area contributed by atoms with Gasteiger partial charge in [-0.25, -0.2) is 13.8 Å². The van der Waals surface area contributed by atoms with Crippen LogP contribution in [0.15, 0.2) is 46.9 Å². The van der Waals surface area contributed by atoms with E-state index in [0.717, 1.165) is 6.07 Å². The van der Waals surface area contributed by atoms with Gasteiger partial charge in [0.05, 0.1) is 5.38 Å². The standard InChI is InChI=1S/C15H10ClF2NO/c16-10(9-4-3-5-11(17)15(9)18)8-14-19-12-6-1-2-7-13(12)20-14/h1-7,10H,8H2. The lowest BCUT2D eigenvalue weighted by Crippen LogP contribution is -2.01. The molecule has 0 spiro atoms. The zero-order chi connectivity index (χ0) is 14.1. The molecule has 0 aliphatic rings. The number of halogens is 3. The first kappa shape index (κ1) is 13.1. The molecule has 0 aliphatic heterocycles. The summed E-state index contributed by atoms with van der Waals surface area (Å²) in [4.78, 5) is 4.26. The molecule has 0 fully saturated rings. The van der Waals surface area contributed by atoms with Crippen molar-refractivity contribution in [1.29, 1.82) is 0 Å². The molecule has 1 atom stereocenters. The third kappa shape index (κ3) is 2.39. The van der Waals surface area contributed by atoms with Crippen LogP contribution in [-0.2, 0) is 6.42 Å². The van der Waals surface area contributed by atoms with Crippen LogP contribution in [0.3, 0.4) is 0 Å². The predicted octanol–water partition coefficient (Wildman–Crippen LogP) is 4.63. The van der Waals surface area contributed by atoms with Crippen LogP contribution in [0.2, 0.25) is 0 Å². The maximum atomic E-state index is 13.6. The highest BCUT2D eigenvalue weighted by atomic mass is 35.5. The number of alkyl halides is 1. The lowest BCUT2D eigenvalue weighted by Gasteiger charge is -2.08. The molecule has 3 aromatic rings. The molecule has 0 bridgehead atoms.